The van der Waals surface area contributed by atoms with Crippen LogP contribution in [0.1, 0.15) is 32.1 Å². The van der Waals surface area contributed by atoms with E-state index in [1.807, 2.05) is 11.4 Å². The normalized spacial score (nSPS) is 19.6. The van der Waals surface area contributed by atoms with Crippen molar-refractivity contribution in [2.45, 2.75) is 32.1 Å². The van der Waals surface area contributed by atoms with Crippen molar-refractivity contribution in [3.05, 3.63) is 0 Å². The third kappa shape index (κ3) is 5.55. The van der Waals surface area contributed by atoms with Crippen molar-refractivity contribution >= 4 is 12.8 Å². The fraction of sp³-hybridized carbons (Fsp3) is 1.00. The average Bonchev–Trinajstić information content (AvgIpc) is 2.14. The molecule has 0 amide bonds. The van der Waals surface area contributed by atoms with E-state index in [0.29, 0.717) is 0 Å². The van der Waals surface area contributed by atoms with Gasteiger partial charge in [0, 0.05) is 6.54 Å². The summed E-state index contributed by atoms with van der Waals surface area (Å²) >= 11 is 4.22. The van der Waals surface area contributed by atoms with Crippen LogP contribution in [-0.2, 0) is 0 Å². The van der Waals surface area contributed by atoms with Gasteiger partial charge in [0.15, 0.2) is 0 Å². The summed E-state index contributed by atoms with van der Waals surface area (Å²) in [6.45, 7) is 3.59. The van der Waals surface area contributed by atoms with Crippen LogP contribution in [0.2, 0.25) is 0 Å². The first-order valence-corrected chi connectivity index (χ1v) is 5.80. The number of piperidine rings is 1. The molecule has 0 aromatic rings. The molecule has 1 aliphatic heterocycles. The molecule has 0 bridgehead atoms. The van der Waals surface area contributed by atoms with E-state index in [2.05, 4.69) is 18.1 Å². The van der Waals surface area contributed by atoms with Crippen molar-refractivity contribution in [2.75, 3.05) is 26.7 Å². The van der Waals surface area contributed by atoms with E-state index in [1.54, 1.807) is 0 Å². The molecule has 0 saturated carbocycles. The maximum atomic E-state index is 4.22. The molecule has 0 aromatic carbocycles. The van der Waals surface area contributed by atoms with Crippen LogP contribution in [0, 0.1) is 5.92 Å². The largest absolute Gasteiger partial charge is 0.317 e. The van der Waals surface area contributed by atoms with Gasteiger partial charge >= 0.3 is 0 Å². The quantitative estimate of drug-likeness (QED) is 0.523. The number of thiol groups is 1. The Hall–Kier alpha value is 0.270. The van der Waals surface area contributed by atoms with E-state index in [-0.39, 0.29) is 0 Å². The van der Waals surface area contributed by atoms with Crippen LogP contribution in [0.25, 0.3) is 0 Å². The van der Waals surface area contributed by atoms with Crippen LogP contribution in [-0.4, -0.2) is 31.0 Å². The smallest absolute Gasteiger partial charge is 0.00838 e. The molecule has 13 heavy (non-hydrogen) atoms. The molecule has 1 fully saturated rings. The second kappa shape index (κ2) is 6.68. The number of nitrogens with one attached hydrogen (secondary N) is 1. The van der Waals surface area contributed by atoms with Gasteiger partial charge < -0.3 is 5.32 Å². The van der Waals surface area contributed by atoms with E-state index in [0.717, 1.165) is 12.5 Å². The lowest BCUT2D eigenvalue weighted by molar-refractivity contribution is 0.340. The van der Waals surface area contributed by atoms with Gasteiger partial charge in [0.25, 0.3) is 0 Å². The van der Waals surface area contributed by atoms with Gasteiger partial charge in [0.05, 0.1) is 0 Å². The van der Waals surface area contributed by atoms with E-state index in [9.17, 15) is 0 Å². The second-order valence-corrected chi connectivity index (χ2v) is 4.75. The topological polar surface area (TPSA) is 15.3 Å². The molecule has 0 spiro atoms. The van der Waals surface area contributed by atoms with Gasteiger partial charge in [-0.1, -0.05) is 25.7 Å². The zero-order valence-electron chi connectivity index (χ0n) is 8.63. The summed E-state index contributed by atoms with van der Waals surface area (Å²) in [5.41, 5.74) is 0. The van der Waals surface area contributed by atoms with E-state index in [1.165, 1.54) is 45.2 Å². The summed E-state index contributed by atoms with van der Waals surface area (Å²) in [7, 11) is 2.02. The molecule has 1 rings (SSSR count). The Labute approximate surface area is 87.6 Å². The Kier molecular flexibility index (Phi) is 5.83. The molecule has 0 unspecified atom stereocenters. The molecule has 1 N–H and O–H groups in total. The Bertz CT molecular complexity index is 122. The second-order valence-electron chi connectivity index (χ2n) is 4.07. The third-order valence-electron chi connectivity index (χ3n) is 2.80. The van der Waals surface area contributed by atoms with Crippen LogP contribution in [0.15, 0.2) is 0 Å². The maximum absolute atomic E-state index is 4.22. The Balaban J connectivity index is 1.92. The van der Waals surface area contributed by atoms with Crippen molar-refractivity contribution in [1.29, 1.82) is 0 Å². The van der Waals surface area contributed by atoms with Gasteiger partial charge in [-0.3, -0.25) is 4.31 Å². The first kappa shape index (κ1) is 11.3. The summed E-state index contributed by atoms with van der Waals surface area (Å²) in [5.74, 6) is 0.992. The van der Waals surface area contributed by atoms with Gasteiger partial charge in [0.1, 0.15) is 0 Å². The molecular weight excluding hydrogens is 180 g/mol. The molecule has 0 aromatic heterocycles. The lowest BCUT2D eigenvalue weighted by Crippen LogP contribution is -2.27. The minimum absolute atomic E-state index is 0.992. The van der Waals surface area contributed by atoms with E-state index in [4.69, 9.17) is 0 Å². The number of unbranched alkanes of at least 4 members (excludes halogenated alkanes) is 1. The Morgan fingerprint density at radius 2 is 2.00 bits per heavy atom. The zero-order valence-corrected chi connectivity index (χ0v) is 9.52. The molecule has 2 nitrogen and oxygen atoms in total. The summed E-state index contributed by atoms with van der Waals surface area (Å²) in [6.07, 6.45) is 6.86. The van der Waals surface area contributed by atoms with Crippen molar-refractivity contribution in [3.8, 4) is 0 Å². The minimum atomic E-state index is 0.992. The maximum Gasteiger partial charge on any atom is 0.00838 e. The van der Waals surface area contributed by atoms with Gasteiger partial charge in [-0.25, -0.2) is 0 Å². The molecule has 0 aliphatic carbocycles. The number of nitrogens with zero attached hydrogens (tertiary/aromatic N) is 1. The highest BCUT2D eigenvalue weighted by Gasteiger charge is 2.11. The van der Waals surface area contributed by atoms with Crippen LogP contribution in [0.4, 0.5) is 0 Å². The first-order chi connectivity index (χ1) is 6.29. The average molecular weight is 202 g/mol. The molecule has 1 saturated heterocycles. The van der Waals surface area contributed by atoms with Gasteiger partial charge in [-0.15, -0.1) is 0 Å². The van der Waals surface area contributed by atoms with Crippen LogP contribution in [0.3, 0.4) is 0 Å². The number of hydrogen-bond acceptors (Lipinski definition) is 3. The highest BCUT2D eigenvalue weighted by molar-refractivity contribution is 7.77. The standard InChI is InChI=1S/C10H22N2S/c1-12(13)9-3-2-4-10-5-7-11-8-6-10/h10-11,13H,2-9H2,1H3. The first-order valence-electron chi connectivity index (χ1n) is 5.40. The van der Waals surface area contributed by atoms with Gasteiger partial charge in [-0.05, 0) is 45.3 Å². The molecule has 1 aliphatic rings. The SMILES string of the molecule is CN(S)CCCCC1CCNCC1. The highest BCUT2D eigenvalue weighted by atomic mass is 32.1. The molecule has 3 heteroatoms. The van der Waals surface area contributed by atoms with Crippen LogP contribution < -0.4 is 5.32 Å². The summed E-state index contributed by atoms with van der Waals surface area (Å²) in [4.78, 5) is 0. The van der Waals surface area contributed by atoms with Crippen molar-refractivity contribution in [3.63, 3.8) is 0 Å². The van der Waals surface area contributed by atoms with Crippen LogP contribution in [0.5, 0.6) is 0 Å². The molecule has 0 radical (unpaired) electrons. The van der Waals surface area contributed by atoms with Crippen molar-refractivity contribution in [2.24, 2.45) is 5.92 Å². The third-order valence-corrected chi connectivity index (χ3v) is 3.00. The van der Waals surface area contributed by atoms with Gasteiger partial charge in [-0.2, -0.15) is 0 Å². The molecule has 78 valence electrons. The highest BCUT2D eigenvalue weighted by Crippen LogP contribution is 2.18. The fourth-order valence-corrected chi connectivity index (χ4v) is 2.09. The van der Waals surface area contributed by atoms with E-state index < -0.39 is 0 Å². The fourth-order valence-electron chi connectivity index (χ4n) is 1.94. The van der Waals surface area contributed by atoms with Crippen LogP contribution >= 0.6 is 12.8 Å². The van der Waals surface area contributed by atoms with Gasteiger partial charge in [0.2, 0.25) is 0 Å². The predicted octanol–water partition coefficient (Wildman–Crippen LogP) is 1.93. The van der Waals surface area contributed by atoms with E-state index >= 15 is 0 Å². The number of rotatable bonds is 5. The monoisotopic (exact) mass is 202 g/mol. The van der Waals surface area contributed by atoms with Crippen molar-refractivity contribution in [1.82, 2.24) is 9.62 Å². The lowest BCUT2D eigenvalue weighted by Gasteiger charge is -2.22. The molecule has 1 heterocycles. The molecular formula is C10H22N2S. The molecule has 0 atom stereocenters. The summed E-state index contributed by atoms with van der Waals surface area (Å²) in [5, 5.41) is 3.40. The summed E-state index contributed by atoms with van der Waals surface area (Å²) < 4.78 is 1.97. The zero-order chi connectivity index (χ0) is 9.52. The number of hydrogen-bond donors (Lipinski definition) is 2. The lowest BCUT2D eigenvalue weighted by atomic mass is 9.92. The predicted molar refractivity (Wildman–Crippen MR) is 61.1 cm³/mol. The minimum Gasteiger partial charge on any atom is -0.317 e. The Morgan fingerprint density at radius 1 is 1.31 bits per heavy atom. The Morgan fingerprint density at radius 3 is 2.62 bits per heavy atom. The van der Waals surface area contributed by atoms with Crippen molar-refractivity contribution < 1.29 is 0 Å². The summed E-state index contributed by atoms with van der Waals surface area (Å²) in [6, 6.07) is 0.